The van der Waals surface area contributed by atoms with Crippen LogP contribution in [0.1, 0.15) is 18.4 Å². The van der Waals surface area contributed by atoms with E-state index < -0.39 is 0 Å². The maximum Gasteiger partial charge on any atom is 0.290 e. The second-order valence-corrected chi connectivity index (χ2v) is 4.72. The zero-order valence-electron chi connectivity index (χ0n) is 11.5. The number of benzene rings is 1. The van der Waals surface area contributed by atoms with E-state index in [1.807, 2.05) is 12.1 Å². The third-order valence-corrected chi connectivity index (χ3v) is 3.33. The fraction of sp³-hybridized carbons (Fsp3) is 0.357. The van der Waals surface area contributed by atoms with Crippen LogP contribution < -0.4 is 11.5 Å². The molecule has 1 unspecified atom stereocenters. The highest BCUT2D eigenvalue weighted by atomic mass is 16.5. The molecule has 1 aliphatic heterocycles. The Hall–Kier alpha value is -2.41. The summed E-state index contributed by atoms with van der Waals surface area (Å²) in [6.07, 6.45) is 3.38. The molecule has 2 heterocycles. The zero-order chi connectivity index (χ0) is 15.2. The summed E-state index contributed by atoms with van der Waals surface area (Å²) in [5.74, 6) is 0.667. The van der Waals surface area contributed by atoms with Crippen molar-refractivity contribution in [1.29, 1.82) is 0 Å². The van der Waals surface area contributed by atoms with Crippen LogP contribution in [0, 0.1) is 0 Å². The first-order valence-electron chi connectivity index (χ1n) is 6.65. The van der Waals surface area contributed by atoms with Gasteiger partial charge in [-0.15, -0.1) is 0 Å². The van der Waals surface area contributed by atoms with Gasteiger partial charge in [-0.2, -0.15) is 4.98 Å². The van der Waals surface area contributed by atoms with E-state index >= 15 is 0 Å². The Morgan fingerprint density at radius 1 is 1.38 bits per heavy atom. The molecule has 3 rings (SSSR count). The quantitative estimate of drug-likeness (QED) is 0.710. The smallest absolute Gasteiger partial charge is 0.290 e. The molecule has 0 saturated carbocycles. The SMILES string of the molecule is Nc1nc(N)c2c(CC3CCCO3)cccc2n1.O=CO. The number of hydrogen-bond acceptors (Lipinski definition) is 6. The molecule has 21 heavy (non-hydrogen) atoms. The molecular weight excluding hydrogens is 272 g/mol. The van der Waals surface area contributed by atoms with Gasteiger partial charge in [0.15, 0.2) is 0 Å². The Bertz CT molecular complexity index is 627. The van der Waals surface area contributed by atoms with Crippen molar-refractivity contribution in [2.24, 2.45) is 0 Å². The van der Waals surface area contributed by atoms with Crippen molar-refractivity contribution in [2.45, 2.75) is 25.4 Å². The number of rotatable bonds is 2. The van der Waals surface area contributed by atoms with Crippen molar-refractivity contribution in [3.63, 3.8) is 0 Å². The summed E-state index contributed by atoms with van der Waals surface area (Å²) in [6, 6.07) is 5.93. The highest BCUT2D eigenvalue weighted by Crippen LogP contribution is 2.26. The Morgan fingerprint density at radius 3 is 2.81 bits per heavy atom. The highest BCUT2D eigenvalue weighted by molar-refractivity contribution is 5.91. The van der Waals surface area contributed by atoms with Crippen LogP contribution in [0.3, 0.4) is 0 Å². The van der Waals surface area contributed by atoms with Crippen molar-refractivity contribution < 1.29 is 14.6 Å². The first-order valence-corrected chi connectivity index (χ1v) is 6.65. The monoisotopic (exact) mass is 290 g/mol. The lowest BCUT2D eigenvalue weighted by Crippen LogP contribution is -2.10. The number of nitrogens with two attached hydrogens (primary N) is 2. The number of fused-ring (bicyclic) bond motifs is 1. The van der Waals surface area contributed by atoms with E-state index in [2.05, 4.69) is 16.0 Å². The average Bonchev–Trinajstić information content (AvgIpc) is 2.92. The van der Waals surface area contributed by atoms with Crippen LogP contribution in [-0.2, 0) is 16.0 Å². The number of nitrogens with zero attached hydrogens (tertiary/aromatic N) is 2. The maximum absolute atomic E-state index is 8.36. The summed E-state index contributed by atoms with van der Waals surface area (Å²) in [6.45, 7) is 0.606. The van der Waals surface area contributed by atoms with Gasteiger partial charge in [-0.1, -0.05) is 12.1 Å². The second kappa shape index (κ2) is 6.85. The van der Waals surface area contributed by atoms with Crippen LogP contribution in [0.15, 0.2) is 18.2 Å². The van der Waals surface area contributed by atoms with Crippen molar-refractivity contribution in [3.05, 3.63) is 23.8 Å². The van der Waals surface area contributed by atoms with Crippen LogP contribution in [-0.4, -0.2) is 34.3 Å². The maximum atomic E-state index is 8.36. The minimum atomic E-state index is -0.250. The molecule has 0 spiro atoms. The van der Waals surface area contributed by atoms with Gasteiger partial charge in [-0.3, -0.25) is 4.79 Å². The molecule has 0 radical (unpaired) electrons. The lowest BCUT2D eigenvalue weighted by atomic mass is 10.0. The first-order chi connectivity index (χ1) is 10.2. The van der Waals surface area contributed by atoms with Gasteiger partial charge in [-0.05, 0) is 30.9 Å². The molecule has 1 saturated heterocycles. The lowest BCUT2D eigenvalue weighted by molar-refractivity contribution is -0.122. The summed E-state index contributed by atoms with van der Waals surface area (Å²) < 4.78 is 5.66. The van der Waals surface area contributed by atoms with Gasteiger partial charge in [0, 0.05) is 12.0 Å². The van der Waals surface area contributed by atoms with Crippen LogP contribution in [0.25, 0.3) is 10.9 Å². The van der Waals surface area contributed by atoms with Crippen LogP contribution in [0.4, 0.5) is 11.8 Å². The minimum absolute atomic E-state index is 0.217. The van der Waals surface area contributed by atoms with Gasteiger partial charge in [-0.25, -0.2) is 4.98 Å². The largest absolute Gasteiger partial charge is 0.483 e. The third-order valence-electron chi connectivity index (χ3n) is 3.33. The number of aromatic nitrogens is 2. The van der Waals surface area contributed by atoms with Gasteiger partial charge >= 0.3 is 0 Å². The molecule has 0 amide bonds. The fourth-order valence-electron chi connectivity index (χ4n) is 2.52. The van der Waals surface area contributed by atoms with Crippen molar-refractivity contribution >= 4 is 29.1 Å². The highest BCUT2D eigenvalue weighted by Gasteiger charge is 2.18. The Labute approximate surface area is 121 Å². The molecule has 7 nitrogen and oxygen atoms in total. The zero-order valence-corrected chi connectivity index (χ0v) is 11.5. The Balaban J connectivity index is 0.000000497. The summed E-state index contributed by atoms with van der Waals surface area (Å²) >= 11 is 0. The minimum Gasteiger partial charge on any atom is -0.483 e. The number of ether oxygens (including phenoxy) is 1. The van der Waals surface area contributed by atoms with E-state index in [0.29, 0.717) is 5.82 Å². The average molecular weight is 290 g/mol. The number of carboxylic acid groups (broad SMARTS) is 1. The van der Waals surface area contributed by atoms with Crippen LogP contribution >= 0.6 is 0 Å². The molecule has 1 aromatic heterocycles. The second-order valence-electron chi connectivity index (χ2n) is 4.72. The lowest BCUT2D eigenvalue weighted by Gasteiger charge is -2.12. The van der Waals surface area contributed by atoms with Crippen molar-refractivity contribution in [1.82, 2.24) is 9.97 Å². The van der Waals surface area contributed by atoms with Gasteiger partial charge in [0.2, 0.25) is 5.95 Å². The van der Waals surface area contributed by atoms with Gasteiger partial charge in [0.1, 0.15) is 5.82 Å². The summed E-state index contributed by atoms with van der Waals surface area (Å²) in [7, 11) is 0. The van der Waals surface area contributed by atoms with Crippen molar-refractivity contribution in [3.8, 4) is 0 Å². The molecule has 0 bridgehead atoms. The molecule has 2 aromatic rings. The molecular formula is C14H18N4O3. The van der Waals surface area contributed by atoms with E-state index in [1.54, 1.807) is 0 Å². The van der Waals surface area contributed by atoms with E-state index in [1.165, 1.54) is 0 Å². The normalized spacial score (nSPS) is 17.2. The third kappa shape index (κ3) is 3.57. The summed E-state index contributed by atoms with van der Waals surface area (Å²) in [5, 5.41) is 7.79. The molecule has 1 aliphatic rings. The van der Waals surface area contributed by atoms with E-state index in [0.717, 1.165) is 42.3 Å². The molecule has 5 N–H and O–H groups in total. The predicted octanol–water partition coefficient (Wildman–Crippen LogP) is 1.22. The number of nitrogen functional groups attached to an aromatic ring is 2. The number of hydrogen-bond donors (Lipinski definition) is 3. The molecule has 0 aliphatic carbocycles. The molecule has 1 atom stereocenters. The van der Waals surface area contributed by atoms with Gasteiger partial charge < -0.3 is 21.3 Å². The van der Waals surface area contributed by atoms with Crippen LogP contribution in [0.2, 0.25) is 0 Å². The van der Waals surface area contributed by atoms with Crippen LogP contribution in [0.5, 0.6) is 0 Å². The molecule has 1 aromatic carbocycles. The van der Waals surface area contributed by atoms with Crippen molar-refractivity contribution in [2.75, 3.05) is 18.1 Å². The molecule has 112 valence electrons. The number of carbonyl (C=O) groups is 1. The standard InChI is InChI=1S/C13H16N4O.CH2O2/c14-12-11-8(7-9-4-2-6-18-9)3-1-5-10(11)16-13(15)17-12;2-1-3/h1,3,5,9H,2,4,6-7H2,(H4,14,15,16,17);1H,(H,2,3). The summed E-state index contributed by atoms with van der Waals surface area (Å²) in [5.41, 5.74) is 13.5. The molecule has 7 heteroatoms. The van der Waals surface area contributed by atoms with Gasteiger partial charge in [0.05, 0.1) is 11.6 Å². The van der Waals surface area contributed by atoms with E-state index in [4.69, 9.17) is 26.1 Å². The first kappa shape index (κ1) is 15.0. The number of anilines is 2. The van der Waals surface area contributed by atoms with E-state index in [9.17, 15) is 0 Å². The topological polar surface area (TPSA) is 124 Å². The Morgan fingerprint density at radius 2 is 2.14 bits per heavy atom. The van der Waals surface area contributed by atoms with Gasteiger partial charge in [0.25, 0.3) is 6.47 Å². The Kier molecular flexibility index (Phi) is 4.89. The molecule has 1 fully saturated rings. The summed E-state index contributed by atoms with van der Waals surface area (Å²) in [4.78, 5) is 16.6. The van der Waals surface area contributed by atoms with E-state index in [-0.39, 0.29) is 18.5 Å². The fourth-order valence-corrected chi connectivity index (χ4v) is 2.52. The predicted molar refractivity (Wildman–Crippen MR) is 79.7 cm³/mol.